The van der Waals surface area contributed by atoms with E-state index in [9.17, 15) is 4.39 Å². The number of piperidine rings is 1. The number of anilines is 1. The molecule has 2 atom stereocenters. The van der Waals surface area contributed by atoms with Crippen LogP contribution >= 0.6 is 24.0 Å². The van der Waals surface area contributed by atoms with Crippen LogP contribution in [0, 0.1) is 12.7 Å². The molecular formula is C23H31FIN5. The second-order valence-corrected chi connectivity index (χ2v) is 8.04. The summed E-state index contributed by atoms with van der Waals surface area (Å²) < 4.78 is 14.0. The van der Waals surface area contributed by atoms with Gasteiger partial charge >= 0.3 is 0 Å². The Morgan fingerprint density at radius 1 is 1.17 bits per heavy atom. The summed E-state index contributed by atoms with van der Waals surface area (Å²) in [5.74, 6) is 2.03. The van der Waals surface area contributed by atoms with Crippen LogP contribution in [0.15, 0.2) is 47.6 Å². The summed E-state index contributed by atoms with van der Waals surface area (Å²) in [6, 6.07) is 11.9. The number of hydrogen-bond acceptors (Lipinski definition) is 3. The molecule has 2 heterocycles. The molecule has 0 amide bonds. The fourth-order valence-corrected chi connectivity index (χ4v) is 4.03. The molecule has 2 N–H and O–H groups in total. The maximum absolute atomic E-state index is 14.0. The zero-order chi connectivity index (χ0) is 20.2. The van der Waals surface area contributed by atoms with Crippen molar-refractivity contribution in [2.24, 2.45) is 4.99 Å². The van der Waals surface area contributed by atoms with Crippen LogP contribution in [0.4, 0.5) is 10.2 Å². The van der Waals surface area contributed by atoms with Gasteiger partial charge < -0.3 is 15.5 Å². The van der Waals surface area contributed by atoms with Crippen molar-refractivity contribution in [3.8, 4) is 0 Å². The second-order valence-electron chi connectivity index (χ2n) is 8.04. The number of aryl methyl sites for hydroxylation is 1. The topological polar surface area (TPSA) is 52.6 Å². The summed E-state index contributed by atoms with van der Waals surface area (Å²) in [5.41, 5.74) is 1.99. The molecule has 0 radical (unpaired) electrons. The summed E-state index contributed by atoms with van der Waals surface area (Å²) in [7, 11) is 0. The van der Waals surface area contributed by atoms with Crippen LogP contribution in [-0.2, 0) is 0 Å². The van der Waals surface area contributed by atoms with Gasteiger partial charge in [-0.3, -0.25) is 4.99 Å². The molecule has 1 aliphatic heterocycles. The minimum absolute atomic E-state index is 0. The van der Waals surface area contributed by atoms with E-state index < -0.39 is 0 Å². The van der Waals surface area contributed by atoms with Crippen LogP contribution in [0.25, 0.3) is 0 Å². The van der Waals surface area contributed by atoms with Crippen LogP contribution in [0.5, 0.6) is 0 Å². The van der Waals surface area contributed by atoms with Gasteiger partial charge in [0.1, 0.15) is 11.6 Å². The van der Waals surface area contributed by atoms with Gasteiger partial charge in [-0.1, -0.05) is 24.3 Å². The third kappa shape index (κ3) is 5.62. The van der Waals surface area contributed by atoms with Gasteiger partial charge in [0.25, 0.3) is 0 Å². The lowest BCUT2D eigenvalue weighted by atomic mass is 10.1. The molecule has 1 aromatic carbocycles. The number of aliphatic imine (C=N–C) groups is 1. The second kappa shape index (κ2) is 10.4. The van der Waals surface area contributed by atoms with Crippen LogP contribution in [0.1, 0.15) is 43.2 Å². The zero-order valence-corrected chi connectivity index (χ0v) is 20.0. The van der Waals surface area contributed by atoms with E-state index in [0.29, 0.717) is 6.04 Å². The van der Waals surface area contributed by atoms with Crippen LogP contribution in [0.2, 0.25) is 0 Å². The van der Waals surface area contributed by atoms with E-state index in [4.69, 9.17) is 0 Å². The van der Waals surface area contributed by atoms with Gasteiger partial charge in [-0.25, -0.2) is 9.37 Å². The van der Waals surface area contributed by atoms with E-state index >= 15 is 0 Å². The summed E-state index contributed by atoms with van der Waals surface area (Å²) in [4.78, 5) is 11.5. The number of nitrogens with one attached hydrogen (secondary N) is 2. The largest absolute Gasteiger partial charge is 0.356 e. The molecule has 0 spiro atoms. The van der Waals surface area contributed by atoms with E-state index in [2.05, 4.69) is 44.6 Å². The van der Waals surface area contributed by atoms with E-state index in [0.717, 1.165) is 56.2 Å². The lowest BCUT2D eigenvalue weighted by Gasteiger charge is -2.34. The number of nitrogens with zero attached hydrogens (tertiary/aromatic N) is 3. The van der Waals surface area contributed by atoms with Gasteiger partial charge in [0.05, 0.1) is 0 Å². The summed E-state index contributed by atoms with van der Waals surface area (Å²) in [6.45, 7) is 6.78. The molecule has 1 aromatic heterocycles. The quantitative estimate of drug-likeness (QED) is 0.350. The van der Waals surface area contributed by atoms with Crippen molar-refractivity contribution >= 4 is 35.8 Å². The molecule has 2 unspecified atom stereocenters. The highest BCUT2D eigenvalue weighted by molar-refractivity contribution is 14.0. The average Bonchev–Trinajstić information content (AvgIpc) is 3.48. The molecule has 7 heteroatoms. The summed E-state index contributed by atoms with van der Waals surface area (Å²) in [6.07, 6.45) is 4.96. The molecule has 162 valence electrons. The molecule has 4 rings (SSSR count). The maximum atomic E-state index is 14.0. The first-order valence-electron chi connectivity index (χ1n) is 10.6. The summed E-state index contributed by atoms with van der Waals surface area (Å²) in [5, 5.41) is 7.10. The Morgan fingerprint density at radius 3 is 2.60 bits per heavy atom. The van der Waals surface area contributed by atoms with Gasteiger partial charge in [0, 0.05) is 43.8 Å². The Balaban J connectivity index is 0.00000256. The molecule has 1 saturated heterocycles. The molecule has 5 nitrogen and oxygen atoms in total. The van der Waals surface area contributed by atoms with E-state index in [1.54, 1.807) is 12.1 Å². The fourth-order valence-electron chi connectivity index (χ4n) is 4.03. The van der Waals surface area contributed by atoms with E-state index in [1.165, 1.54) is 5.56 Å². The molecular weight excluding hydrogens is 492 g/mol. The molecule has 2 aliphatic rings. The number of guanidine groups is 1. The lowest BCUT2D eigenvalue weighted by molar-refractivity contribution is 0.459. The van der Waals surface area contributed by atoms with E-state index in [-0.39, 0.29) is 41.8 Å². The van der Waals surface area contributed by atoms with Crippen molar-refractivity contribution in [3.63, 3.8) is 0 Å². The van der Waals surface area contributed by atoms with Gasteiger partial charge in [-0.2, -0.15) is 0 Å². The number of rotatable bonds is 5. The number of aromatic nitrogens is 1. The fraction of sp³-hybridized carbons (Fsp3) is 0.478. The predicted molar refractivity (Wildman–Crippen MR) is 131 cm³/mol. The van der Waals surface area contributed by atoms with Crippen LogP contribution in [-0.4, -0.2) is 42.7 Å². The third-order valence-electron chi connectivity index (χ3n) is 5.79. The summed E-state index contributed by atoms with van der Waals surface area (Å²) >= 11 is 0. The van der Waals surface area contributed by atoms with Crippen molar-refractivity contribution in [3.05, 3.63) is 59.5 Å². The lowest BCUT2D eigenvalue weighted by Crippen LogP contribution is -2.49. The monoisotopic (exact) mass is 523 g/mol. The van der Waals surface area contributed by atoms with Gasteiger partial charge in [0.15, 0.2) is 5.96 Å². The van der Waals surface area contributed by atoms with Gasteiger partial charge in [-0.05, 0) is 56.4 Å². The maximum Gasteiger partial charge on any atom is 0.191 e. The van der Waals surface area contributed by atoms with Gasteiger partial charge in [0.2, 0.25) is 0 Å². The smallest absolute Gasteiger partial charge is 0.191 e. The van der Waals surface area contributed by atoms with Crippen molar-refractivity contribution < 1.29 is 4.39 Å². The van der Waals surface area contributed by atoms with Crippen molar-refractivity contribution in [2.75, 3.05) is 24.5 Å². The van der Waals surface area contributed by atoms with E-state index in [1.807, 2.05) is 25.3 Å². The van der Waals surface area contributed by atoms with Crippen LogP contribution in [0.3, 0.4) is 0 Å². The van der Waals surface area contributed by atoms with Crippen molar-refractivity contribution in [1.29, 1.82) is 0 Å². The number of hydrogen-bond donors (Lipinski definition) is 2. The van der Waals surface area contributed by atoms with Crippen molar-refractivity contribution in [2.45, 2.75) is 51.1 Å². The molecule has 0 bridgehead atoms. The molecule has 2 aromatic rings. The first-order chi connectivity index (χ1) is 14.1. The minimum Gasteiger partial charge on any atom is -0.356 e. The highest BCUT2D eigenvalue weighted by Crippen LogP contribution is 2.41. The Labute approximate surface area is 195 Å². The molecule has 1 aliphatic carbocycles. The molecule has 2 fully saturated rings. The number of benzene rings is 1. The molecule has 30 heavy (non-hydrogen) atoms. The highest BCUT2D eigenvalue weighted by Gasteiger charge is 2.40. The Hall–Kier alpha value is -1.90. The molecule has 1 saturated carbocycles. The first-order valence-corrected chi connectivity index (χ1v) is 10.6. The Morgan fingerprint density at radius 2 is 1.93 bits per heavy atom. The van der Waals surface area contributed by atoms with Gasteiger partial charge in [-0.15, -0.1) is 24.0 Å². The predicted octanol–water partition coefficient (Wildman–Crippen LogP) is 4.23. The van der Waals surface area contributed by atoms with Crippen molar-refractivity contribution in [1.82, 2.24) is 15.6 Å². The highest BCUT2D eigenvalue weighted by atomic mass is 127. The standard InChI is InChI=1S/C23H30FN5.HI/c1-3-25-23(28-21-14-19(21)18-6-4-5-7-20(18)24)27-17-10-12-29(13-11-17)22-9-8-16(2)15-26-22;/h4-9,15,17,19,21H,3,10-14H2,1-2H3,(H2,25,27,28);1H. The number of pyridine rings is 1. The third-order valence-corrected chi connectivity index (χ3v) is 5.79. The Kier molecular flexibility index (Phi) is 7.91. The number of halogens is 2. The average molecular weight is 523 g/mol. The zero-order valence-electron chi connectivity index (χ0n) is 17.6. The Bertz CT molecular complexity index is 849. The normalized spacial score (nSPS) is 21.7. The SMILES string of the molecule is CCN=C(NC1CCN(c2ccc(C)cn2)CC1)NC1CC1c1ccccc1F.I. The van der Waals surface area contributed by atoms with Crippen LogP contribution < -0.4 is 15.5 Å². The minimum atomic E-state index is -0.110. The first kappa shape index (κ1) is 22.8.